The van der Waals surface area contributed by atoms with E-state index in [0.717, 1.165) is 5.75 Å². The summed E-state index contributed by atoms with van der Waals surface area (Å²) in [6.45, 7) is 20.4. The van der Waals surface area contributed by atoms with Gasteiger partial charge in [0, 0.05) is 5.39 Å². The molecule has 0 fully saturated rings. The van der Waals surface area contributed by atoms with Crippen molar-refractivity contribution in [3.63, 3.8) is 0 Å². The third-order valence-electron chi connectivity index (χ3n) is 4.57. The minimum absolute atomic E-state index is 0.195. The maximum Gasteiger partial charge on any atom is 0.127 e. The van der Waals surface area contributed by atoms with Gasteiger partial charge in [-0.05, 0) is 61.0 Å². The molecule has 1 atom stereocenters. The third kappa shape index (κ3) is 5.23. The standard InChI is InChI=1S/C24H36O/c1-22(2,3)16-20(23(4,5)6)18-13-10-14-19-17(18)12-11-15-21(19)25-24(7,8)9/h10-15,20H,16H2,1-9H3. The van der Waals surface area contributed by atoms with Crippen LogP contribution in [0.15, 0.2) is 36.4 Å². The van der Waals surface area contributed by atoms with Crippen LogP contribution in [0.1, 0.15) is 80.2 Å². The molecule has 0 bridgehead atoms. The van der Waals surface area contributed by atoms with Crippen LogP contribution in [-0.2, 0) is 0 Å². The Morgan fingerprint density at radius 3 is 1.84 bits per heavy atom. The SMILES string of the molecule is CC(C)(C)CC(c1cccc2c(OC(C)(C)C)cccc12)C(C)(C)C. The number of hydrogen-bond donors (Lipinski definition) is 0. The van der Waals surface area contributed by atoms with Crippen molar-refractivity contribution in [3.8, 4) is 5.75 Å². The molecule has 0 aliphatic carbocycles. The highest BCUT2D eigenvalue weighted by Crippen LogP contribution is 2.46. The van der Waals surface area contributed by atoms with Crippen molar-refractivity contribution in [1.82, 2.24) is 0 Å². The summed E-state index contributed by atoms with van der Waals surface area (Å²) in [5.41, 5.74) is 1.75. The molecule has 2 rings (SSSR count). The Labute approximate surface area is 154 Å². The fourth-order valence-electron chi connectivity index (χ4n) is 3.52. The van der Waals surface area contributed by atoms with Gasteiger partial charge in [0.25, 0.3) is 0 Å². The molecule has 2 aromatic rings. The Kier molecular flexibility index (Phi) is 5.28. The Morgan fingerprint density at radius 1 is 0.760 bits per heavy atom. The lowest BCUT2D eigenvalue weighted by atomic mass is 9.68. The molecule has 0 amide bonds. The van der Waals surface area contributed by atoms with Crippen molar-refractivity contribution >= 4 is 10.8 Å². The lowest BCUT2D eigenvalue weighted by Gasteiger charge is -2.37. The van der Waals surface area contributed by atoms with E-state index in [9.17, 15) is 0 Å². The van der Waals surface area contributed by atoms with Crippen LogP contribution in [0.5, 0.6) is 5.75 Å². The van der Waals surface area contributed by atoms with Gasteiger partial charge in [0.2, 0.25) is 0 Å². The summed E-state index contributed by atoms with van der Waals surface area (Å²) < 4.78 is 6.24. The summed E-state index contributed by atoms with van der Waals surface area (Å²) in [6.07, 6.45) is 1.17. The van der Waals surface area contributed by atoms with Crippen molar-refractivity contribution in [2.75, 3.05) is 0 Å². The highest BCUT2D eigenvalue weighted by molar-refractivity contribution is 5.91. The lowest BCUT2D eigenvalue weighted by Crippen LogP contribution is -2.24. The van der Waals surface area contributed by atoms with E-state index < -0.39 is 0 Å². The third-order valence-corrected chi connectivity index (χ3v) is 4.57. The van der Waals surface area contributed by atoms with Gasteiger partial charge in [0.05, 0.1) is 0 Å². The van der Waals surface area contributed by atoms with Crippen LogP contribution in [0.4, 0.5) is 0 Å². The molecule has 1 nitrogen and oxygen atoms in total. The monoisotopic (exact) mass is 340 g/mol. The van der Waals surface area contributed by atoms with Crippen molar-refractivity contribution < 1.29 is 4.74 Å². The van der Waals surface area contributed by atoms with E-state index in [0.29, 0.717) is 11.3 Å². The number of fused-ring (bicyclic) bond motifs is 1. The second kappa shape index (κ2) is 6.67. The Hall–Kier alpha value is -1.50. The highest BCUT2D eigenvalue weighted by Gasteiger charge is 2.31. The van der Waals surface area contributed by atoms with E-state index in [1.54, 1.807) is 0 Å². The first-order valence-corrected chi connectivity index (χ1v) is 9.49. The summed E-state index contributed by atoms with van der Waals surface area (Å²) in [5, 5.41) is 2.55. The topological polar surface area (TPSA) is 9.23 Å². The molecule has 0 aliphatic rings. The minimum Gasteiger partial charge on any atom is -0.488 e. The fourth-order valence-corrected chi connectivity index (χ4v) is 3.52. The summed E-state index contributed by atoms with van der Waals surface area (Å²) in [4.78, 5) is 0. The average Bonchev–Trinajstić information content (AvgIpc) is 2.41. The molecule has 0 aliphatic heterocycles. The maximum atomic E-state index is 6.24. The van der Waals surface area contributed by atoms with Crippen molar-refractivity contribution in [1.29, 1.82) is 0 Å². The van der Waals surface area contributed by atoms with Crippen molar-refractivity contribution in [2.24, 2.45) is 10.8 Å². The van der Waals surface area contributed by atoms with Crippen LogP contribution in [0, 0.1) is 10.8 Å². The van der Waals surface area contributed by atoms with E-state index in [1.807, 2.05) is 0 Å². The highest BCUT2D eigenvalue weighted by atomic mass is 16.5. The number of benzene rings is 2. The first-order chi connectivity index (χ1) is 11.3. The van der Waals surface area contributed by atoms with Gasteiger partial charge in [-0.2, -0.15) is 0 Å². The van der Waals surface area contributed by atoms with E-state index in [1.165, 1.54) is 22.8 Å². The first kappa shape index (κ1) is 19.8. The fraction of sp³-hybridized carbons (Fsp3) is 0.583. The van der Waals surface area contributed by atoms with E-state index in [4.69, 9.17) is 4.74 Å². The van der Waals surface area contributed by atoms with Gasteiger partial charge in [-0.15, -0.1) is 0 Å². The second-order valence-electron chi connectivity index (χ2n) is 10.6. The predicted octanol–water partition coefficient (Wildman–Crippen LogP) is 7.58. The maximum absolute atomic E-state index is 6.24. The number of ether oxygens (including phenoxy) is 1. The second-order valence-corrected chi connectivity index (χ2v) is 10.6. The van der Waals surface area contributed by atoms with Crippen LogP contribution >= 0.6 is 0 Å². The average molecular weight is 341 g/mol. The molecule has 2 aromatic carbocycles. The summed E-state index contributed by atoms with van der Waals surface area (Å²) in [6, 6.07) is 13.2. The predicted molar refractivity (Wildman–Crippen MR) is 111 cm³/mol. The molecule has 1 unspecified atom stereocenters. The van der Waals surface area contributed by atoms with Crippen LogP contribution in [0.25, 0.3) is 10.8 Å². The molecule has 0 saturated heterocycles. The van der Waals surface area contributed by atoms with E-state index in [-0.39, 0.29) is 11.0 Å². The summed E-state index contributed by atoms with van der Waals surface area (Å²) >= 11 is 0. The van der Waals surface area contributed by atoms with Crippen LogP contribution < -0.4 is 4.74 Å². The molecule has 0 saturated carbocycles. The van der Waals surface area contributed by atoms with Crippen LogP contribution in [0.3, 0.4) is 0 Å². The van der Waals surface area contributed by atoms with Gasteiger partial charge >= 0.3 is 0 Å². The van der Waals surface area contributed by atoms with Gasteiger partial charge in [0.15, 0.2) is 0 Å². The Morgan fingerprint density at radius 2 is 1.32 bits per heavy atom. The summed E-state index contributed by atoms with van der Waals surface area (Å²) in [5.74, 6) is 1.48. The Bertz CT molecular complexity index is 720. The molecule has 138 valence electrons. The zero-order valence-electron chi connectivity index (χ0n) is 17.7. The van der Waals surface area contributed by atoms with Crippen molar-refractivity contribution in [2.45, 2.75) is 80.3 Å². The van der Waals surface area contributed by atoms with Gasteiger partial charge in [-0.3, -0.25) is 0 Å². The molecular formula is C24H36O. The molecule has 0 radical (unpaired) electrons. The molecule has 1 heteroatoms. The molecule has 0 aromatic heterocycles. The molecule has 0 spiro atoms. The normalized spacial score (nSPS) is 14.6. The zero-order chi connectivity index (χ0) is 19.0. The van der Waals surface area contributed by atoms with Gasteiger partial charge in [0.1, 0.15) is 11.4 Å². The molecular weight excluding hydrogens is 304 g/mol. The Balaban J connectivity index is 2.63. The van der Waals surface area contributed by atoms with E-state index >= 15 is 0 Å². The summed E-state index contributed by atoms with van der Waals surface area (Å²) in [7, 11) is 0. The van der Waals surface area contributed by atoms with E-state index in [2.05, 4.69) is 98.7 Å². The van der Waals surface area contributed by atoms with Crippen LogP contribution in [-0.4, -0.2) is 5.60 Å². The molecule has 25 heavy (non-hydrogen) atoms. The van der Waals surface area contributed by atoms with Crippen LogP contribution in [0.2, 0.25) is 0 Å². The van der Waals surface area contributed by atoms with Gasteiger partial charge < -0.3 is 4.74 Å². The van der Waals surface area contributed by atoms with Gasteiger partial charge in [-0.25, -0.2) is 0 Å². The minimum atomic E-state index is -0.195. The van der Waals surface area contributed by atoms with Gasteiger partial charge in [-0.1, -0.05) is 71.9 Å². The smallest absolute Gasteiger partial charge is 0.127 e. The quantitative estimate of drug-likeness (QED) is 0.559. The molecule has 0 N–H and O–H groups in total. The number of rotatable bonds is 3. The number of hydrogen-bond acceptors (Lipinski definition) is 1. The first-order valence-electron chi connectivity index (χ1n) is 9.49. The molecule has 0 heterocycles. The van der Waals surface area contributed by atoms with Crippen molar-refractivity contribution in [3.05, 3.63) is 42.0 Å². The zero-order valence-corrected chi connectivity index (χ0v) is 17.7. The largest absolute Gasteiger partial charge is 0.488 e. The lowest BCUT2D eigenvalue weighted by molar-refractivity contribution is 0.133.